The van der Waals surface area contributed by atoms with E-state index in [1.165, 1.54) is 43.4 Å². The first kappa shape index (κ1) is 14.4. The van der Waals surface area contributed by atoms with Crippen molar-refractivity contribution in [3.05, 3.63) is 29.8 Å². The highest BCUT2D eigenvalue weighted by molar-refractivity contribution is 5.51. The summed E-state index contributed by atoms with van der Waals surface area (Å²) in [5, 5.41) is 3.78. The predicted octanol–water partition coefficient (Wildman–Crippen LogP) is 4.60. The van der Waals surface area contributed by atoms with Crippen LogP contribution in [0.1, 0.15) is 51.5 Å². The normalized spacial score (nSPS) is 23.3. The second kappa shape index (κ2) is 7.54. The lowest BCUT2D eigenvalue weighted by Gasteiger charge is -2.33. The number of rotatable bonds is 6. The summed E-state index contributed by atoms with van der Waals surface area (Å²) in [6, 6.07) is 9.21. The molecule has 0 heterocycles. The van der Waals surface area contributed by atoms with Crippen LogP contribution in [0.25, 0.3) is 0 Å². The number of hydrogen-bond donors (Lipinski definition) is 1. The molecule has 2 atom stereocenters. The van der Waals surface area contributed by atoms with Crippen LogP contribution >= 0.6 is 0 Å². The Hall–Kier alpha value is -1.02. The lowest BCUT2D eigenvalue weighted by Crippen LogP contribution is -2.32. The molecule has 1 aliphatic rings. The van der Waals surface area contributed by atoms with Crippen LogP contribution in [0.5, 0.6) is 0 Å². The molecular formula is C17H27NO. The van der Waals surface area contributed by atoms with Crippen LogP contribution in [0.15, 0.2) is 24.3 Å². The van der Waals surface area contributed by atoms with Crippen LogP contribution < -0.4 is 5.32 Å². The quantitative estimate of drug-likeness (QED) is 0.807. The predicted molar refractivity (Wildman–Crippen MR) is 81.4 cm³/mol. The van der Waals surface area contributed by atoms with Crippen molar-refractivity contribution < 1.29 is 4.74 Å². The van der Waals surface area contributed by atoms with E-state index in [-0.39, 0.29) is 0 Å². The van der Waals surface area contributed by atoms with Gasteiger partial charge in [0, 0.05) is 23.9 Å². The fraction of sp³-hybridized carbons (Fsp3) is 0.647. The zero-order valence-electron chi connectivity index (χ0n) is 12.3. The zero-order valence-corrected chi connectivity index (χ0v) is 12.3. The highest BCUT2D eigenvalue weighted by atomic mass is 16.5. The summed E-state index contributed by atoms with van der Waals surface area (Å²) in [4.78, 5) is 0. The molecule has 0 spiro atoms. The molecule has 0 radical (unpaired) electrons. The van der Waals surface area contributed by atoms with Crippen LogP contribution in [-0.4, -0.2) is 12.6 Å². The average Bonchev–Trinajstić information content (AvgIpc) is 2.47. The van der Waals surface area contributed by atoms with E-state index in [1.807, 2.05) is 6.92 Å². The summed E-state index contributed by atoms with van der Waals surface area (Å²) in [5.74, 6) is 0.828. The first-order valence-electron chi connectivity index (χ1n) is 7.77. The fourth-order valence-electron chi connectivity index (χ4n) is 3.09. The molecule has 2 unspecified atom stereocenters. The van der Waals surface area contributed by atoms with Gasteiger partial charge in [0.1, 0.15) is 0 Å². The van der Waals surface area contributed by atoms with Gasteiger partial charge in [-0.05, 0) is 31.7 Å². The molecule has 106 valence electrons. The van der Waals surface area contributed by atoms with Crippen molar-refractivity contribution in [2.24, 2.45) is 5.92 Å². The largest absolute Gasteiger partial charge is 0.382 e. The molecule has 1 fully saturated rings. The number of anilines is 1. The summed E-state index contributed by atoms with van der Waals surface area (Å²) in [7, 11) is 0. The maximum absolute atomic E-state index is 5.56. The number of benzene rings is 1. The zero-order chi connectivity index (χ0) is 13.5. The van der Waals surface area contributed by atoms with Gasteiger partial charge in [0.05, 0.1) is 6.61 Å². The molecule has 1 aromatic rings. The third-order valence-electron chi connectivity index (χ3n) is 4.25. The van der Waals surface area contributed by atoms with E-state index in [0.29, 0.717) is 12.6 Å². The van der Waals surface area contributed by atoms with E-state index in [1.54, 1.807) is 0 Å². The van der Waals surface area contributed by atoms with E-state index in [0.717, 1.165) is 12.5 Å². The van der Waals surface area contributed by atoms with Crippen molar-refractivity contribution in [2.75, 3.05) is 11.9 Å². The summed E-state index contributed by atoms with van der Waals surface area (Å²) < 4.78 is 5.56. The third-order valence-corrected chi connectivity index (χ3v) is 4.25. The van der Waals surface area contributed by atoms with Crippen molar-refractivity contribution in [3.8, 4) is 0 Å². The molecule has 1 aliphatic carbocycles. The van der Waals surface area contributed by atoms with Crippen molar-refractivity contribution >= 4 is 5.69 Å². The van der Waals surface area contributed by atoms with E-state index in [2.05, 4.69) is 36.5 Å². The molecule has 19 heavy (non-hydrogen) atoms. The van der Waals surface area contributed by atoms with Crippen LogP contribution in [0.2, 0.25) is 0 Å². The van der Waals surface area contributed by atoms with Crippen LogP contribution in [0.4, 0.5) is 5.69 Å². The third kappa shape index (κ3) is 3.97. The molecule has 0 aliphatic heterocycles. The summed E-state index contributed by atoms with van der Waals surface area (Å²) in [6.45, 7) is 5.85. The topological polar surface area (TPSA) is 21.3 Å². The molecule has 0 saturated heterocycles. The summed E-state index contributed by atoms with van der Waals surface area (Å²) >= 11 is 0. The van der Waals surface area contributed by atoms with Gasteiger partial charge in [0.15, 0.2) is 0 Å². The minimum absolute atomic E-state index is 0.640. The molecule has 1 N–H and O–H groups in total. The molecule has 0 bridgehead atoms. The van der Waals surface area contributed by atoms with Gasteiger partial charge < -0.3 is 10.1 Å². The Labute approximate surface area is 117 Å². The number of ether oxygens (including phenoxy) is 1. The standard InChI is InChI=1S/C17H27NO/c1-3-14-9-5-7-11-16(14)18-17-12-8-6-10-15(17)13-19-4-2/h6,8,10,12,14,16,18H,3-5,7,9,11,13H2,1-2H3. The molecule has 0 aromatic heterocycles. The number of nitrogens with one attached hydrogen (secondary N) is 1. The Morgan fingerprint density at radius 2 is 1.95 bits per heavy atom. The molecule has 2 heteroatoms. The minimum atomic E-state index is 0.640. The van der Waals surface area contributed by atoms with Crippen molar-refractivity contribution in [1.82, 2.24) is 0 Å². The maximum atomic E-state index is 5.56. The molecule has 2 rings (SSSR count). The lowest BCUT2D eigenvalue weighted by atomic mass is 9.82. The molecule has 1 aromatic carbocycles. The Morgan fingerprint density at radius 1 is 1.16 bits per heavy atom. The smallest absolute Gasteiger partial charge is 0.0736 e. The first-order chi connectivity index (χ1) is 9.35. The average molecular weight is 261 g/mol. The first-order valence-corrected chi connectivity index (χ1v) is 7.77. The van der Waals surface area contributed by atoms with Gasteiger partial charge in [-0.2, -0.15) is 0 Å². The van der Waals surface area contributed by atoms with Gasteiger partial charge in [-0.1, -0.05) is 44.4 Å². The minimum Gasteiger partial charge on any atom is -0.382 e. The van der Waals surface area contributed by atoms with Crippen LogP contribution in [0.3, 0.4) is 0 Å². The Morgan fingerprint density at radius 3 is 2.74 bits per heavy atom. The Bertz CT molecular complexity index is 377. The van der Waals surface area contributed by atoms with Gasteiger partial charge in [0.25, 0.3) is 0 Å². The van der Waals surface area contributed by atoms with Crippen molar-refractivity contribution in [3.63, 3.8) is 0 Å². The van der Waals surface area contributed by atoms with Crippen LogP contribution in [-0.2, 0) is 11.3 Å². The SMILES string of the molecule is CCOCc1ccccc1NC1CCCCC1CC. The van der Waals surface area contributed by atoms with Gasteiger partial charge in [-0.3, -0.25) is 0 Å². The number of hydrogen-bond acceptors (Lipinski definition) is 2. The Kier molecular flexibility index (Phi) is 5.71. The molecule has 1 saturated carbocycles. The van der Waals surface area contributed by atoms with E-state index in [4.69, 9.17) is 4.74 Å². The molecule has 0 amide bonds. The fourth-order valence-corrected chi connectivity index (χ4v) is 3.09. The number of para-hydroxylation sites is 1. The van der Waals surface area contributed by atoms with Gasteiger partial charge in [0.2, 0.25) is 0 Å². The highest BCUT2D eigenvalue weighted by Gasteiger charge is 2.23. The van der Waals surface area contributed by atoms with E-state index >= 15 is 0 Å². The summed E-state index contributed by atoms with van der Waals surface area (Å²) in [5.41, 5.74) is 2.55. The van der Waals surface area contributed by atoms with Gasteiger partial charge in [-0.25, -0.2) is 0 Å². The van der Waals surface area contributed by atoms with E-state index < -0.39 is 0 Å². The second-order valence-electron chi connectivity index (χ2n) is 5.50. The Balaban J connectivity index is 2.04. The highest BCUT2D eigenvalue weighted by Crippen LogP contribution is 2.30. The van der Waals surface area contributed by atoms with Crippen LogP contribution in [0, 0.1) is 5.92 Å². The second-order valence-corrected chi connectivity index (χ2v) is 5.50. The molecule has 2 nitrogen and oxygen atoms in total. The molecular weight excluding hydrogens is 234 g/mol. The summed E-state index contributed by atoms with van der Waals surface area (Å²) in [6.07, 6.45) is 6.73. The van der Waals surface area contributed by atoms with E-state index in [9.17, 15) is 0 Å². The van der Waals surface area contributed by atoms with Gasteiger partial charge in [-0.15, -0.1) is 0 Å². The van der Waals surface area contributed by atoms with Crippen molar-refractivity contribution in [2.45, 2.75) is 58.6 Å². The van der Waals surface area contributed by atoms with Gasteiger partial charge >= 0.3 is 0 Å². The van der Waals surface area contributed by atoms with Crippen molar-refractivity contribution in [1.29, 1.82) is 0 Å². The lowest BCUT2D eigenvalue weighted by molar-refractivity contribution is 0.134. The maximum Gasteiger partial charge on any atom is 0.0736 e. The monoisotopic (exact) mass is 261 g/mol.